The first-order chi connectivity index (χ1) is 11.7. The fourth-order valence-electron chi connectivity index (χ4n) is 2.66. The van der Waals surface area contributed by atoms with E-state index in [2.05, 4.69) is 19.9 Å². The molecule has 5 aromatic rings. The summed E-state index contributed by atoms with van der Waals surface area (Å²) in [7, 11) is 0. The molecule has 0 amide bonds. The maximum Gasteiger partial charge on any atom is 0.243 e. The number of H-pyrrole nitrogens is 2. The number of nitrogens with one attached hydrogen (secondary N) is 2. The molecule has 5 rings (SSSR count). The summed E-state index contributed by atoms with van der Waals surface area (Å²) in [5.41, 5.74) is 4.14. The maximum absolute atomic E-state index is 6.44. The van der Waals surface area contributed by atoms with Gasteiger partial charge in [-0.2, -0.15) is 0 Å². The van der Waals surface area contributed by atoms with Gasteiger partial charge in [-0.15, -0.1) is 0 Å². The van der Waals surface area contributed by atoms with Crippen molar-refractivity contribution < 1.29 is 8.83 Å². The SMILES string of the molecule is Clc1c(Cl)c2[nH]c3cccnc3oc2c2oc3ncccc3[nH]c12. The lowest BCUT2D eigenvalue weighted by Gasteiger charge is -2.10. The van der Waals surface area contributed by atoms with Gasteiger partial charge >= 0.3 is 0 Å². The number of hydrogen-bond donors (Lipinski definition) is 2. The number of aromatic amines is 2. The van der Waals surface area contributed by atoms with Crippen LogP contribution in [0.15, 0.2) is 45.5 Å². The van der Waals surface area contributed by atoms with Crippen LogP contribution in [0.4, 0.5) is 0 Å². The number of aromatic nitrogens is 4. The molecule has 0 aliphatic heterocycles. The molecule has 4 aromatic heterocycles. The van der Waals surface area contributed by atoms with Crippen LogP contribution >= 0.6 is 23.2 Å². The van der Waals surface area contributed by atoms with Crippen molar-refractivity contribution >= 4 is 67.9 Å². The molecular formula is C16H8Cl2N4O2. The summed E-state index contributed by atoms with van der Waals surface area (Å²) < 4.78 is 11.8. The second-order valence-corrected chi connectivity index (χ2v) is 5.96. The highest BCUT2D eigenvalue weighted by molar-refractivity contribution is 6.48. The van der Waals surface area contributed by atoms with Crippen molar-refractivity contribution in [2.45, 2.75) is 0 Å². The first kappa shape index (κ1) is 13.7. The van der Waals surface area contributed by atoms with Gasteiger partial charge in [0.2, 0.25) is 11.4 Å². The van der Waals surface area contributed by atoms with Crippen LogP contribution in [0.1, 0.15) is 0 Å². The molecule has 0 fully saturated rings. The lowest BCUT2D eigenvalue weighted by molar-refractivity contribution is 0.606. The fourth-order valence-corrected chi connectivity index (χ4v) is 3.12. The Bertz CT molecular complexity index is 1190. The van der Waals surface area contributed by atoms with Crippen molar-refractivity contribution in [1.82, 2.24) is 19.9 Å². The Morgan fingerprint density at radius 3 is 1.67 bits per heavy atom. The Balaban J connectivity index is 2.08. The molecular weight excluding hydrogens is 351 g/mol. The summed E-state index contributed by atoms with van der Waals surface area (Å²) >= 11 is 12.9. The average Bonchev–Trinajstić information content (AvgIpc) is 2.64. The second-order valence-electron chi connectivity index (χ2n) is 5.20. The van der Waals surface area contributed by atoms with Gasteiger partial charge in [-0.3, -0.25) is 0 Å². The first-order valence-electron chi connectivity index (χ1n) is 7.07. The standard InChI is InChI=1S/C16H8Cl2N4O2/c17-9-10(18)12-14(24-16-8(22-12)4-2-6-20-16)13-11(9)21-7-3-1-5-19-15(7)23-13/h1-6,21-22H. The van der Waals surface area contributed by atoms with E-state index in [4.69, 9.17) is 32.0 Å². The minimum atomic E-state index is 0.336. The van der Waals surface area contributed by atoms with Crippen LogP contribution < -0.4 is 0 Å². The molecule has 0 unspecified atom stereocenters. The smallest absolute Gasteiger partial charge is 0.243 e. The highest BCUT2D eigenvalue weighted by Gasteiger charge is 2.18. The molecule has 0 saturated carbocycles. The van der Waals surface area contributed by atoms with Crippen molar-refractivity contribution in [3.63, 3.8) is 0 Å². The highest BCUT2D eigenvalue weighted by atomic mass is 35.5. The van der Waals surface area contributed by atoms with Crippen LogP contribution in [0.25, 0.3) is 44.7 Å². The van der Waals surface area contributed by atoms with Gasteiger partial charge in [0.25, 0.3) is 0 Å². The van der Waals surface area contributed by atoms with Gasteiger partial charge < -0.3 is 18.8 Å². The van der Waals surface area contributed by atoms with E-state index in [0.717, 1.165) is 0 Å². The van der Waals surface area contributed by atoms with Gasteiger partial charge in [-0.05, 0) is 24.3 Å². The van der Waals surface area contributed by atoms with E-state index in [-0.39, 0.29) is 0 Å². The Hall–Kier alpha value is -2.70. The predicted molar refractivity (Wildman–Crippen MR) is 92.9 cm³/mol. The molecule has 0 aliphatic rings. The largest absolute Gasteiger partial charge is 0.431 e. The molecule has 0 spiro atoms. The lowest BCUT2D eigenvalue weighted by atomic mass is 10.2. The zero-order valence-electron chi connectivity index (χ0n) is 11.9. The number of fused-ring (bicyclic) bond motifs is 5. The summed E-state index contributed by atoms with van der Waals surface area (Å²) in [4.78, 5) is 14.8. The molecule has 24 heavy (non-hydrogen) atoms. The molecule has 0 saturated heterocycles. The van der Waals surface area contributed by atoms with E-state index in [1.165, 1.54) is 0 Å². The maximum atomic E-state index is 6.44. The monoisotopic (exact) mass is 358 g/mol. The summed E-state index contributed by atoms with van der Waals surface area (Å²) in [6.07, 6.45) is 3.29. The minimum absolute atomic E-state index is 0.336. The molecule has 1 aromatic carbocycles. The molecule has 4 heterocycles. The minimum Gasteiger partial charge on any atom is -0.431 e. The number of nitrogens with zero attached hydrogens (tertiary/aromatic N) is 2. The molecule has 0 aliphatic carbocycles. The summed E-state index contributed by atoms with van der Waals surface area (Å²) in [5, 5.41) is 0.673. The van der Waals surface area contributed by atoms with E-state index in [1.807, 2.05) is 12.1 Å². The van der Waals surface area contributed by atoms with Gasteiger partial charge in [0.1, 0.15) is 22.1 Å². The second kappa shape index (κ2) is 4.90. The quantitative estimate of drug-likeness (QED) is 0.288. The third kappa shape index (κ3) is 1.84. The summed E-state index contributed by atoms with van der Waals surface area (Å²) in [6, 6.07) is 7.27. The molecule has 2 N–H and O–H groups in total. The molecule has 0 bridgehead atoms. The van der Waals surface area contributed by atoms with Gasteiger partial charge in [-0.25, -0.2) is 9.97 Å². The number of benzene rings is 1. The molecule has 0 radical (unpaired) electrons. The van der Waals surface area contributed by atoms with Gasteiger partial charge in [0.05, 0.1) is 10.0 Å². The summed E-state index contributed by atoms with van der Waals surface area (Å²) in [6.45, 7) is 0. The summed E-state index contributed by atoms with van der Waals surface area (Å²) in [5.74, 6) is 0. The Morgan fingerprint density at radius 2 is 1.21 bits per heavy atom. The first-order valence-corrected chi connectivity index (χ1v) is 7.82. The van der Waals surface area contributed by atoms with Crippen molar-refractivity contribution in [2.24, 2.45) is 0 Å². The van der Waals surface area contributed by atoms with Crippen LogP contribution in [0.5, 0.6) is 0 Å². The van der Waals surface area contributed by atoms with Crippen molar-refractivity contribution in [3.05, 3.63) is 46.7 Å². The Labute approximate surface area is 143 Å². The average molecular weight is 359 g/mol. The highest BCUT2D eigenvalue weighted by Crippen LogP contribution is 2.39. The van der Waals surface area contributed by atoms with Crippen molar-refractivity contribution in [1.29, 1.82) is 0 Å². The van der Waals surface area contributed by atoms with E-state index < -0.39 is 0 Å². The van der Waals surface area contributed by atoms with Gasteiger partial charge in [-0.1, -0.05) is 23.2 Å². The topological polar surface area (TPSA) is 83.6 Å². The van der Waals surface area contributed by atoms with Crippen LogP contribution in [-0.2, 0) is 0 Å². The molecule has 118 valence electrons. The predicted octanol–water partition coefficient (Wildman–Crippen LogP) is 5.36. The Kier molecular flexibility index (Phi) is 2.80. The Morgan fingerprint density at radius 1 is 0.750 bits per heavy atom. The lowest BCUT2D eigenvalue weighted by Crippen LogP contribution is -1.92. The van der Waals surface area contributed by atoms with Crippen molar-refractivity contribution in [3.8, 4) is 0 Å². The van der Waals surface area contributed by atoms with Crippen LogP contribution in [0.2, 0.25) is 10.0 Å². The normalized spacial score (nSPS) is 11.8. The van der Waals surface area contributed by atoms with E-state index >= 15 is 0 Å². The van der Waals surface area contributed by atoms with E-state index in [9.17, 15) is 0 Å². The third-order valence-electron chi connectivity index (χ3n) is 3.75. The van der Waals surface area contributed by atoms with E-state index in [0.29, 0.717) is 54.7 Å². The molecule has 6 nitrogen and oxygen atoms in total. The number of hydrogen-bond acceptors (Lipinski definition) is 4. The van der Waals surface area contributed by atoms with Crippen molar-refractivity contribution in [2.75, 3.05) is 0 Å². The number of pyridine rings is 2. The number of rotatable bonds is 0. The fraction of sp³-hybridized carbons (Fsp3) is 0. The third-order valence-corrected chi connectivity index (χ3v) is 4.60. The number of halogens is 2. The van der Waals surface area contributed by atoms with Crippen LogP contribution in [-0.4, -0.2) is 19.9 Å². The van der Waals surface area contributed by atoms with Gasteiger partial charge in [0, 0.05) is 12.4 Å². The molecule has 8 heteroatoms. The van der Waals surface area contributed by atoms with Crippen LogP contribution in [0, 0.1) is 0 Å². The zero-order valence-corrected chi connectivity index (χ0v) is 13.4. The zero-order chi connectivity index (χ0) is 16.3. The van der Waals surface area contributed by atoms with E-state index in [1.54, 1.807) is 24.5 Å². The van der Waals surface area contributed by atoms with Gasteiger partial charge in [0.15, 0.2) is 11.2 Å². The molecule has 0 atom stereocenters. The van der Waals surface area contributed by atoms with Crippen LogP contribution in [0.3, 0.4) is 0 Å².